The molecule has 0 aromatic rings. The fourth-order valence-corrected chi connectivity index (χ4v) is 2.29. The molecule has 2 nitrogen and oxygen atoms in total. The molecule has 0 radical (unpaired) electrons. The summed E-state index contributed by atoms with van der Waals surface area (Å²) in [6, 6.07) is 1.43. The number of likely N-dealkylation sites (tertiary alicyclic amines) is 1. The molecule has 0 amide bonds. The van der Waals surface area contributed by atoms with Gasteiger partial charge in [0.25, 0.3) is 0 Å². The second-order valence-corrected chi connectivity index (χ2v) is 4.60. The number of rotatable bonds is 2. The summed E-state index contributed by atoms with van der Waals surface area (Å²) in [4.78, 5) is 2.60. The molecule has 1 aliphatic rings. The summed E-state index contributed by atoms with van der Waals surface area (Å²) < 4.78 is 0. The van der Waals surface area contributed by atoms with Gasteiger partial charge in [-0.25, -0.2) is 0 Å². The Kier molecular flexibility index (Phi) is 4.20. The molecule has 1 saturated heterocycles. The largest absolute Gasteiger partial charge is 0.317 e. The highest BCUT2D eigenvalue weighted by atomic mass is 15.2. The zero-order chi connectivity index (χ0) is 9.84. The van der Waals surface area contributed by atoms with Crippen LogP contribution in [0.15, 0.2) is 0 Å². The SMILES string of the molecule is CNC1CCCN(C(C)C)CC1C. The maximum Gasteiger partial charge on any atom is 0.0102 e. The maximum atomic E-state index is 3.43. The average molecular weight is 184 g/mol. The lowest BCUT2D eigenvalue weighted by atomic mass is 9.99. The van der Waals surface area contributed by atoms with E-state index < -0.39 is 0 Å². The van der Waals surface area contributed by atoms with Crippen LogP contribution in [0.4, 0.5) is 0 Å². The third-order valence-electron chi connectivity index (χ3n) is 3.27. The Hall–Kier alpha value is -0.0800. The van der Waals surface area contributed by atoms with Crippen molar-refractivity contribution in [3.8, 4) is 0 Å². The van der Waals surface area contributed by atoms with Crippen LogP contribution in [0.5, 0.6) is 0 Å². The van der Waals surface area contributed by atoms with Crippen LogP contribution in [0, 0.1) is 5.92 Å². The predicted molar refractivity (Wildman–Crippen MR) is 58.0 cm³/mol. The first-order chi connectivity index (χ1) is 6.15. The van der Waals surface area contributed by atoms with Crippen molar-refractivity contribution in [1.29, 1.82) is 0 Å². The molecule has 1 rings (SSSR count). The summed E-state index contributed by atoms with van der Waals surface area (Å²) in [5, 5.41) is 3.43. The van der Waals surface area contributed by atoms with E-state index in [0.717, 1.165) is 12.0 Å². The van der Waals surface area contributed by atoms with Crippen molar-refractivity contribution in [2.45, 2.75) is 45.7 Å². The highest BCUT2D eigenvalue weighted by Gasteiger charge is 2.23. The standard InChI is InChI=1S/C11H24N2/c1-9(2)13-7-5-6-11(12-4)10(3)8-13/h9-12H,5-8H2,1-4H3. The molecular weight excluding hydrogens is 160 g/mol. The van der Waals surface area contributed by atoms with E-state index in [1.54, 1.807) is 0 Å². The molecule has 1 heterocycles. The van der Waals surface area contributed by atoms with Crippen molar-refractivity contribution in [2.24, 2.45) is 5.92 Å². The maximum absolute atomic E-state index is 3.43. The third kappa shape index (κ3) is 2.96. The number of hydrogen-bond acceptors (Lipinski definition) is 2. The molecule has 2 unspecified atom stereocenters. The van der Waals surface area contributed by atoms with Gasteiger partial charge < -0.3 is 10.2 Å². The van der Waals surface area contributed by atoms with Gasteiger partial charge in [-0.1, -0.05) is 6.92 Å². The van der Waals surface area contributed by atoms with Crippen LogP contribution in [0.2, 0.25) is 0 Å². The van der Waals surface area contributed by atoms with Gasteiger partial charge in [0.05, 0.1) is 0 Å². The van der Waals surface area contributed by atoms with E-state index in [1.807, 2.05) is 0 Å². The Morgan fingerprint density at radius 2 is 2.08 bits per heavy atom. The van der Waals surface area contributed by atoms with Crippen LogP contribution in [0.1, 0.15) is 33.6 Å². The zero-order valence-electron chi connectivity index (χ0n) is 9.51. The molecule has 0 saturated carbocycles. The number of nitrogens with one attached hydrogen (secondary N) is 1. The van der Waals surface area contributed by atoms with Crippen LogP contribution in [0.3, 0.4) is 0 Å². The van der Waals surface area contributed by atoms with Crippen LogP contribution in [-0.2, 0) is 0 Å². The fraction of sp³-hybridized carbons (Fsp3) is 1.00. The van der Waals surface area contributed by atoms with Crippen molar-refractivity contribution in [2.75, 3.05) is 20.1 Å². The fourth-order valence-electron chi connectivity index (χ4n) is 2.29. The molecule has 0 bridgehead atoms. The highest BCUT2D eigenvalue weighted by molar-refractivity contribution is 4.80. The highest BCUT2D eigenvalue weighted by Crippen LogP contribution is 2.17. The molecule has 1 N–H and O–H groups in total. The lowest BCUT2D eigenvalue weighted by Crippen LogP contribution is -2.38. The zero-order valence-corrected chi connectivity index (χ0v) is 9.51. The van der Waals surface area contributed by atoms with Gasteiger partial charge in [-0.2, -0.15) is 0 Å². The minimum Gasteiger partial charge on any atom is -0.317 e. The molecule has 1 aliphatic heterocycles. The van der Waals surface area contributed by atoms with E-state index in [0.29, 0.717) is 6.04 Å². The smallest absolute Gasteiger partial charge is 0.0102 e. The van der Waals surface area contributed by atoms with Crippen molar-refractivity contribution in [3.05, 3.63) is 0 Å². The minimum absolute atomic E-state index is 0.707. The van der Waals surface area contributed by atoms with E-state index in [2.05, 4.69) is 38.0 Å². The summed E-state index contributed by atoms with van der Waals surface area (Å²) in [5.41, 5.74) is 0. The topological polar surface area (TPSA) is 15.3 Å². The van der Waals surface area contributed by atoms with E-state index in [-0.39, 0.29) is 0 Å². The van der Waals surface area contributed by atoms with Crippen LogP contribution in [0.25, 0.3) is 0 Å². The number of nitrogens with zero attached hydrogens (tertiary/aromatic N) is 1. The van der Waals surface area contributed by atoms with Crippen molar-refractivity contribution in [3.63, 3.8) is 0 Å². The van der Waals surface area contributed by atoms with E-state index in [1.165, 1.54) is 25.9 Å². The van der Waals surface area contributed by atoms with Gasteiger partial charge in [0.2, 0.25) is 0 Å². The summed E-state index contributed by atoms with van der Waals surface area (Å²) in [6.07, 6.45) is 2.68. The summed E-state index contributed by atoms with van der Waals surface area (Å²) >= 11 is 0. The third-order valence-corrected chi connectivity index (χ3v) is 3.27. The van der Waals surface area contributed by atoms with E-state index >= 15 is 0 Å². The lowest BCUT2D eigenvalue weighted by Gasteiger charge is -2.28. The van der Waals surface area contributed by atoms with Crippen molar-refractivity contribution < 1.29 is 0 Å². The van der Waals surface area contributed by atoms with Gasteiger partial charge in [0.1, 0.15) is 0 Å². The average Bonchev–Trinajstić information content (AvgIpc) is 2.26. The van der Waals surface area contributed by atoms with E-state index in [4.69, 9.17) is 0 Å². The molecule has 1 fully saturated rings. The molecular formula is C11H24N2. The van der Waals surface area contributed by atoms with Gasteiger partial charge in [0, 0.05) is 18.6 Å². The first-order valence-corrected chi connectivity index (χ1v) is 5.56. The lowest BCUT2D eigenvalue weighted by molar-refractivity contribution is 0.201. The Bertz CT molecular complexity index is 145. The molecule has 0 aromatic carbocycles. The molecule has 0 spiro atoms. The van der Waals surface area contributed by atoms with Gasteiger partial charge in [-0.05, 0) is 46.2 Å². The molecule has 13 heavy (non-hydrogen) atoms. The van der Waals surface area contributed by atoms with Gasteiger partial charge in [-0.15, -0.1) is 0 Å². The van der Waals surface area contributed by atoms with Crippen molar-refractivity contribution >= 4 is 0 Å². The van der Waals surface area contributed by atoms with Gasteiger partial charge in [-0.3, -0.25) is 0 Å². The normalized spacial score (nSPS) is 32.1. The van der Waals surface area contributed by atoms with Crippen molar-refractivity contribution in [1.82, 2.24) is 10.2 Å². The molecule has 0 aromatic heterocycles. The quantitative estimate of drug-likeness (QED) is 0.703. The number of hydrogen-bond donors (Lipinski definition) is 1. The Morgan fingerprint density at radius 1 is 1.38 bits per heavy atom. The van der Waals surface area contributed by atoms with Crippen LogP contribution < -0.4 is 5.32 Å². The summed E-state index contributed by atoms with van der Waals surface area (Å²) in [6.45, 7) is 9.49. The Morgan fingerprint density at radius 3 is 2.62 bits per heavy atom. The Balaban J connectivity index is 2.50. The first kappa shape index (κ1) is 11.0. The van der Waals surface area contributed by atoms with Gasteiger partial charge in [0.15, 0.2) is 0 Å². The minimum atomic E-state index is 0.707. The van der Waals surface area contributed by atoms with Crippen LogP contribution in [-0.4, -0.2) is 37.1 Å². The van der Waals surface area contributed by atoms with Crippen LogP contribution >= 0.6 is 0 Å². The second-order valence-electron chi connectivity index (χ2n) is 4.60. The second kappa shape index (κ2) is 4.97. The molecule has 78 valence electrons. The molecule has 0 aliphatic carbocycles. The van der Waals surface area contributed by atoms with Gasteiger partial charge >= 0.3 is 0 Å². The summed E-state index contributed by atoms with van der Waals surface area (Å²) in [5.74, 6) is 0.787. The predicted octanol–water partition coefficient (Wildman–Crippen LogP) is 1.71. The first-order valence-electron chi connectivity index (χ1n) is 5.56. The molecule has 2 atom stereocenters. The van der Waals surface area contributed by atoms with E-state index in [9.17, 15) is 0 Å². The monoisotopic (exact) mass is 184 g/mol. The molecule has 2 heteroatoms. The summed E-state index contributed by atoms with van der Waals surface area (Å²) in [7, 11) is 2.09. The Labute approximate surface area is 82.7 Å².